The van der Waals surface area contributed by atoms with Gasteiger partial charge in [0.25, 0.3) is 0 Å². The van der Waals surface area contributed by atoms with Crippen molar-refractivity contribution in [2.24, 2.45) is 5.84 Å². The number of hydrogen-bond acceptors (Lipinski definition) is 5. The van der Waals surface area contributed by atoms with Crippen molar-refractivity contribution in [3.05, 3.63) is 47.4 Å². The van der Waals surface area contributed by atoms with Crippen molar-refractivity contribution in [1.29, 1.82) is 0 Å². The van der Waals surface area contributed by atoms with E-state index in [0.29, 0.717) is 23.2 Å². The van der Waals surface area contributed by atoms with Crippen molar-refractivity contribution in [2.45, 2.75) is 6.61 Å². The number of hydrogen-bond donors (Lipinski definition) is 2. The van der Waals surface area contributed by atoms with Crippen LogP contribution in [-0.2, 0) is 6.61 Å². The van der Waals surface area contributed by atoms with Crippen molar-refractivity contribution >= 4 is 17.4 Å². The Morgan fingerprint density at radius 1 is 1.41 bits per heavy atom. The molecular formula is C11H11ClN4O. The first kappa shape index (κ1) is 11.6. The predicted molar refractivity (Wildman–Crippen MR) is 65.6 cm³/mol. The molecule has 0 aromatic carbocycles. The second-order valence-electron chi connectivity index (χ2n) is 3.28. The average Bonchev–Trinajstić information content (AvgIpc) is 2.37. The summed E-state index contributed by atoms with van der Waals surface area (Å²) in [5.41, 5.74) is 3.37. The molecule has 3 N–H and O–H groups in total. The van der Waals surface area contributed by atoms with Crippen LogP contribution in [0.3, 0.4) is 0 Å². The maximum Gasteiger partial charge on any atom is 0.146 e. The Kier molecular flexibility index (Phi) is 3.74. The minimum Gasteiger partial charge on any atom is -0.487 e. The van der Waals surface area contributed by atoms with Crippen LogP contribution in [0.4, 0.5) is 5.82 Å². The molecular weight excluding hydrogens is 240 g/mol. The van der Waals surface area contributed by atoms with Gasteiger partial charge in [-0.15, -0.1) is 0 Å². The predicted octanol–water partition coefficient (Wildman–Crippen LogP) is 1.99. The number of pyridine rings is 2. The number of anilines is 1. The highest BCUT2D eigenvalue weighted by Gasteiger charge is 2.03. The highest BCUT2D eigenvalue weighted by molar-refractivity contribution is 6.30. The molecule has 0 atom stereocenters. The Labute approximate surface area is 104 Å². The summed E-state index contributed by atoms with van der Waals surface area (Å²) in [6, 6.07) is 5.39. The maximum absolute atomic E-state index is 5.80. The molecule has 6 heteroatoms. The van der Waals surface area contributed by atoms with E-state index in [2.05, 4.69) is 15.4 Å². The molecule has 0 amide bonds. The number of halogens is 1. The number of hydrazine groups is 1. The number of aromatic nitrogens is 2. The highest BCUT2D eigenvalue weighted by Crippen LogP contribution is 2.18. The zero-order valence-corrected chi connectivity index (χ0v) is 9.69. The first-order valence-electron chi connectivity index (χ1n) is 4.93. The molecule has 2 aromatic rings. The van der Waals surface area contributed by atoms with Gasteiger partial charge in [0.1, 0.15) is 18.2 Å². The van der Waals surface area contributed by atoms with Crippen LogP contribution in [0.5, 0.6) is 5.75 Å². The van der Waals surface area contributed by atoms with Gasteiger partial charge in [0.05, 0.1) is 11.2 Å². The molecule has 0 radical (unpaired) electrons. The van der Waals surface area contributed by atoms with E-state index in [9.17, 15) is 0 Å². The molecule has 0 saturated heterocycles. The normalized spacial score (nSPS) is 10.0. The Morgan fingerprint density at radius 2 is 2.29 bits per heavy atom. The van der Waals surface area contributed by atoms with Crippen LogP contribution in [0, 0.1) is 0 Å². The van der Waals surface area contributed by atoms with E-state index >= 15 is 0 Å². The van der Waals surface area contributed by atoms with E-state index in [1.165, 1.54) is 0 Å². The highest BCUT2D eigenvalue weighted by atomic mass is 35.5. The Hall–Kier alpha value is -1.85. The van der Waals surface area contributed by atoms with Gasteiger partial charge < -0.3 is 10.2 Å². The monoisotopic (exact) mass is 250 g/mol. The maximum atomic E-state index is 5.80. The SMILES string of the molecule is NNc1ncccc1COc1cncc(Cl)c1. The number of nitrogens with one attached hydrogen (secondary N) is 1. The number of nitrogens with two attached hydrogens (primary N) is 1. The summed E-state index contributed by atoms with van der Waals surface area (Å²) in [5.74, 6) is 6.53. The Morgan fingerprint density at radius 3 is 3.06 bits per heavy atom. The van der Waals surface area contributed by atoms with Gasteiger partial charge in [-0.1, -0.05) is 17.7 Å². The quantitative estimate of drug-likeness (QED) is 0.641. The first-order chi connectivity index (χ1) is 8.29. The van der Waals surface area contributed by atoms with Gasteiger partial charge >= 0.3 is 0 Å². The fourth-order valence-electron chi connectivity index (χ4n) is 1.32. The van der Waals surface area contributed by atoms with Crippen LogP contribution in [0.2, 0.25) is 5.02 Å². The van der Waals surface area contributed by atoms with Crippen molar-refractivity contribution in [1.82, 2.24) is 9.97 Å². The van der Waals surface area contributed by atoms with Crippen molar-refractivity contribution in [2.75, 3.05) is 5.43 Å². The molecule has 17 heavy (non-hydrogen) atoms. The van der Waals surface area contributed by atoms with E-state index in [1.807, 2.05) is 12.1 Å². The summed E-state index contributed by atoms with van der Waals surface area (Å²) < 4.78 is 5.53. The van der Waals surface area contributed by atoms with Crippen LogP contribution in [0.1, 0.15) is 5.56 Å². The minimum absolute atomic E-state index is 0.343. The largest absolute Gasteiger partial charge is 0.487 e. The third kappa shape index (κ3) is 3.05. The van der Waals surface area contributed by atoms with Crippen LogP contribution < -0.4 is 16.0 Å². The molecule has 0 aliphatic rings. The van der Waals surface area contributed by atoms with E-state index in [1.54, 1.807) is 24.7 Å². The van der Waals surface area contributed by atoms with Crippen LogP contribution in [0.25, 0.3) is 0 Å². The van der Waals surface area contributed by atoms with Crippen LogP contribution >= 0.6 is 11.6 Å². The molecule has 0 aliphatic carbocycles. The molecule has 88 valence electrons. The van der Waals surface area contributed by atoms with Gasteiger partial charge in [-0.05, 0) is 6.07 Å². The second kappa shape index (κ2) is 5.47. The topological polar surface area (TPSA) is 73.1 Å². The lowest BCUT2D eigenvalue weighted by atomic mass is 10.3. The number of nitrogen functional groups attached to an aromatic ring is 1. The van der Waals surface area contributed by atoms with E-state index in [0.717, 1.165) is 5.56 Å². The van der Waals surface area contributed by atoms with Crippen LogP contribution in [-0.4, -0.2) is 9.97 Å². The minimum atomic E-state index is 0.343. The summed E-state index contributed by atoms with van der Waals surface area (Å²) in [6.45, 7) is 0.343. The molecule has 2 aromatic heterocycles. The van der Waals surface area contributed by atoms with E-state index in [4.69, 9.17) is 22.2 Å². The summed E-state index contributed by atoms with van der Waals surface area (Å²) in [6.07, 6.45) is 4.79. The van der Waals surface area contributed by atoms with Gasteiger partial charge in [0.2, 0.25) is 0 Å². The first-order valence-corrected chi connectivity index (χ1v) is 5.31. The Balaban J connectivity index is 2.07. The van der Waals surface area contributed by atoms with Gasteiger partial charge in [0.15, 0.2) is 0 Å². The summed E-state index contributed by atoms with van der Waals surface area (Å²) in [7, 11) is 0. The Bertz CT molecular complexity index is 506. The third-order valence-electron chi connectivity index (χ3n) is 2.10. The zero-order valence-electron chi connectivity index (χ0n) is 8.93. The van der Waals surface area contributed by atoms with Gasteiger partial charge in [-0.2, -0.15) is 0 Å². The fourth-order valence-corrected chi connectivity index (χ4v) is 1.48. The van der Waals surface area contributed by atoms with Crippen LogP contribution in [0.15, 0.2) is 36.8 Å². The summed E-state index contributed by atoms with van der Waals surface area (Å²) in [4.78, 5) is 8.00. The lowest BCUT2D eigenvalue weighted by Crippen LogP contribution is -2.12. The molecule has 5 nitrogen and oxygen atoms in total. The standard InChI is InChI=1S/C11H11ClN4O/c12-9-4-10(6-14-5-9)17-7-8-2-1-3-15-11(8)16-13/h1-6H,7,13H2,(H,15,16). The van der Waals surface area contributed by atoms with Gasteiger partial charge in [-0.25, -0.2) is 10.8 Å². The molecule has 0 saturated carbocycles. The van der Waals surface area contributed by atoms with Gasteiger partial charge in [-0.3, -0.25) is 4.98 Å². The lowest BCUT2D eigenvalue weighted by molar-refractivity contribution is 0.305. The smallest absolute Gasteiger partial charge is 0.146 e. The van der Waals surface area contributed by atoms with Gasteiger partial charge in [0, 0.05) is 24.0 Å². The number of rotatable bonds is 4. The summed E-state index contributed by atoms with van der Waals surface area (Å²) >= 11 is 5.80. The molecule has 2 rings (SSSR count). The van der Waals surface area contributed by atoms with Crippen molar-refractivity contribution < 1.29 is 4.74 Å². The second-order valence-corrected chi connectivity index (χ2v) is 3.72. The fraction of sp³-hybridized carbons (Fsp3) is 0.0909. The van der Waals surface area contributed by atoms with Crippen molar-refractivity contribution in [3.63, 3.8) is 0 Å². The molecule has 0 aliphatic heterocycles. The van der Waals surface area contributed by atoms with Crippen molar-refractivity contribution in [3.8, 4) is 5.75 Å². The summed E-state index contributed by atoms with van der Waals surface area (Å²) in [5, 5.41) is 0.533. The lowest BCUT2D eigenvalue weighted by Gasteiger charge is -2.09. The molecule has 0 unspecified atom stereocenters. The molecule has 0 fully saturated rings. The molecule has 2 heterocycles. The number of ether oxygens (including phenoxy) is 1. The average molecular weight is 251 g/mol. The van der Waals surface area contributed by atoms with E-state index in [-0.39, 0.29) is 0 Å². The third-order valence-corrected chi connectivity index (χ3v) is 2.31. The zero-order chi connectivity index (χ0) is 12.1. The van der Waals surface area contributed by atoms with E-state index < -0.39 is 0 Å². The number of nitrogens with zero attached hydrogens (tertiary/aromatic N) is 2. The molecule has 0 spiro atoms. The molecule has 0 bridgehead atoms.